The van der Waals surface area contributed by atoms with Crippen LogP contribution in [-0.2, 0) is 14.9 Å². The molecule has 3 atom stereocenters. The molecule has 8 heteroatoms. The third-order valence-corrected chi connectivity index (χ3v) is 9.76. The van der Waals surface area contributed by atoms with Crippen molar-refractivity contribution in [3.05, 3.63) is 29.6 Å². The Morgan fingerprint density at radius 3 is 2.59 bits per heavy atom. The third-order valence-electron chi connectivity index (χ3n) is 9.76. The van der Waals surface area contributed by atoms with Gasteiger partial charge in [0.1, 0.15) is 11.9 Å². The first-order chi connectivity index (χ1) is 18.0. The van der Waals surface area contributed by atoms with E-state index in [1.54, 1.807) is 17.0 Å². The fraction of sp³-hybridized carbons (Fsp3) is 0.724. The van der Waals surface area contributed by atoms with Crippen LogP contribution in [0.3, 0.4) is 0 Å². The summed E-state index contributed by atoms with van der Waals surface area (Å²) in [5, 5.41) is 0. The quantitative estimate of drug-likeness (QED) is 0.535. The molecule has 2 saturated carbocycles. The molecule has 2 aliphatic carbocycles. The van der Waals surface area contributed by atoms with E-state index in [4.69, 9.17) is 9.47 Å². The van der Waals surface area contributed by atoms with Crippen molar-refractivity contribution in [1.82, 2.24) is 9.80 Å². The van der Waals surface area contributed by atoms with Crippen molar-refractivity contribution in [1.29, 1.82) is 0 Å². The van der Waals surface area contributed by atoms with Crippen LogP contribution in [-0.4, -0.2) is 73.0 Å². The Morgan fingerprint density at radius 1 is 1.05 bits per heavy atom. The summed E-state index contributed by atoms with van der Waals surface area (Å²) in [6, 6.07) is 5.58. The SMILES string of the molecule is CCCOC(=O)N1CCCC2CC(N3CCC4(CC3)CN(C(=O)OC3CCC3)c3ccc(F)cc34)CC21. The van der Waals surface area contributed by atoms with Crippen molar-refractivity contribution in [3.63, 3.8) is 0 Å². The van der Waals surface area contributed by atoms with Gasteiger partial charge in [0.2, 0.25) is 0 Å². The summed E-state index contributed by atoms with van der Waals surface area (Å²) < 4.78 is 25.6. The Morgan fingerprint density at radius 2 is 1.86 bits per heavy atom. The molecule has 2 amide bonds. The van der Waals surface area contributed by atoms with Crippen molar-refractivity contribution in [2.75, 3.05) is 37.7 Å². The smallest absolute Gasteiger partial charge is 0.414 e. The first-order valence-electron chi connectivity index (χ1n) is 14.4. The Kier molecular flexibility index (Phi) is 6.80. The molecule has 0 bridgehead atoms. The number of anilines is 1. The molecule has 0 radical (unpaired) electrons. The van der Waals surface area contributed by atoms with Crippen LogP contribution in [0.25, 0.3) is 0 Å². The van der Waals surface area contributed by atoms with Crippen molar-refractivity contribution < 1.29 is 23.5 Å². The van der Waals surface area contributed by atoms with Gasteiger partial charge in [-0.25, -0.2) is 14.0 Å². The zero-order valence-electron chi connectivity index (χ0n) is 22.0. The van der Waals surface area contributed by atoms with Crippen LogP contribution in [0.4, 0.5) is 19.7 Å². The summed E-state index contributed by atoms with van der Waals surface area (Å²) in [5.41, 5.74) is 1.54. The second kappa shape index (κ2) is 10.1. The van der Waals surface area contributed by atoms with Crippen molar-refractivity contribution in [2.45, 2.75) is 94.7 Å². The minimum atomic E-state index is -0.285. The molecule has 7 nitrogen and oxygen atoms in total. The maximum Gasteiger partial charge on any atom is 0.414 e. The number of benzene rings is 1. The second-order valence-electron chi connectivity index (χ2n) is 11.9. The maximum absolute atomic E-state index is 14.4. The summed E-state index contributed by atoms with van der Waals surface area (Å²) in [6.45, 7) is 5.72. The average molecular weight is 514 g/mol. The molecule has 1 aromatic carbocycles. The van der Waals surface area contributed by atoms with Crippen molar-refractivity contribution in [2.24, 2.45) is 5.92 Å². The highest BCUT2D eigenvalue weighted by molar-refractivity contribution is 5.91. The van der Waals surface area contributed by atoms with Gasteiger partial charge in [0.15, 0.2) is 0 Å². The molecular formula is C29H40FN3O4. The first-order valence-corrected chi connectivity index (χ1v) is 14.4. The lowest BCUT2D eigenvalue weighted by atomic mass is 9.74. The number of piperidine rings is 2. The van der Waals surface area contributed by atoms with Gasteiger partial charge in [0.05, 0.1) is 12.3 Å². The van der Waals surface area contributed by atoms with Crippen LogP contribution in [0.2, 0.25) is 0 Å². The molecule has 3 heterocycles. The number of hydrogen-bond acceptors (Lipinski definition) is 5. The number of likely N-dealkylation sites (tertiary alicyclic amines) is 2. The van der Waals surface area contributed by atoms with Gasteiger partial charge in [-0.3, -0.25) is 4.90 Å². The summed E-state index contributed by atoms with van der Waals surface area (Å²) in [4.78, 5) is 32.1. The second-order valence-corrected chi connectivity index (χ2v) is 11.9. The molecule has 1 aromatic rings. The largest absolute Gasteiger partial charge is 0.449 e. The zero-order valence-corrected chi connectivity index (χ0v) is 22.0. The lowest BCUT2D eigenvalue weighted by Gasteiger charge is -2.42. The van der Waals surface area contributed by atoms with E-state index in [1.165, 1.54) is 12.5 Å². The Bertz CT molecular complexity index is 1020. The highest BCUT2D eigenvalue weighted by Crippen LogP contribution is 2.49. The van der Waals surface area contributed by atoms with Gasteiger partial charge in [0, 0.05) is 30.6 Å². The Balaban J connectivity index is 1.13. The summed E-state index contributed by atoms with van der Waals surface area (Å²) in [7, 11) is 0. The zero-order chi connectivity index (χ0) is 25.6. The van der Waals surface area contributed by atoms with Crippen LogP contribution >= 0.6 is 0 Å². The summed E-state index contributed by atoms with van der Waals surface area (Å²) in [5.74, 6) is 0.298. The molecule has 0 N–H and O–H groups in total. The lowest BCUT2D eigenvalue weighted by Crippen LogP contribution is -2.49. The molecule has 202 valence electrons. The van der Waals surface area contributed by atoms with Crippen molar-refractivity contribution >= 4 is 17.9 Å². The number of fused-ring (bicyclic) bond motifs is 3. The molecule has 4 fully saturated rings. The monoisotopic (exact) mass is 513 g/mol. The van der Waals surface area contributed by atoms with Gasteiger partial charge in [0.25, 0.3) is 0 Å². The summed E-state index contributed by atoms with van der Waals surface area (Å²) in [6.07, 6.45) is 9.57. The number of ether oxygens (including phenoxy) is 2. The average Bonchev–Trinajstić information content (AvgIpc) is 3.45. The highest BCUT2D eigenvalue weighted by Gasteiger charge is 2.50. The first kappa shape index (κ1) is 25.0. The van der Waals surface area contributed by atoms with Crippen LogP contribution in [0.5, 0.6) is 0 Å². The van der Waals surface area contributed by atoms with Gasteiger partial charge in [-0.05, 0) is 107 Å². The third kappa shape index (κ3) is 4.59. The van der Waals surface area contributed by atoms with Gasteiger partial charge in [-0.1, -0.05) is 6.92 Å². The van der Waals surface area contributed by atoms with Crippen LogP contribution < -0.4 is 4.90 Å². The molecule has 3 unspecified atom stereocenters. The van der Waals surface area contributed by atoms with E-state index in [0.29, 0.717) is 25.1 Å². The number of carbonyl (C=O) groups excluding carboxylic acids is 2. The molecular weight excluding hydrogens is 473 g/mol. The van der Waals surface area contributed by atoms with Crippen LogP contribution in [0.15, 0.2) is 18.2 Å². The van der Waals surface area contributed by atoms with Gasteiger partial charge >= 0.3 is 12.2 Å². The maximum atomic E-state index is 14.4. The topological polar surface area (TPSA) is 62.3 Å². The van der Waals surface area contributed by atoms with E-state index in [1.807, 2.05) is 11.8 Å². The fourth-order valence-electron chi connectivity index (χ4n) is 7.50. The Hall–Kier alpha value is -2.35. The molecule has 2 saturated heterocycles. The minimum absolute atomic E-state index is 0.0273. The Labute approximate surface area is 219 Å². The van der Waals surface area contributed by atoms with E-state index in [9.17, 15) is 14.0 Å². The fourth-order valence-corrected chi connectivity index (χ4v) is 7.50. The molecule has 5 aliphatic rings. The van der Waals surface area contributed by atoms with Crippen LogP contribution in [0.1, 0.15) is 76.7 Å². The standard InChI is InChI=1S/C29H40FN3O4/c1-2-15-36-27(34)32-12-4-5-20-16-22(18-26(20)32)31-13-10-29(11-14-31)19-33(28(35)37-23-6-3-7-23)25-9-8-21(30)17-24(25)29/h8-9,17,20,22-23,26H,2-7,10-16,18-19H2,1H3. The van der Waals surface area contributed by atoms with E-state index < -0.39 is 0 Å². The minimum Gasteiger partial charge on any atom is -0.449 e. The van der Waals surface area contributed by atoms with E-state index in [2.05, 4.69) is 4.90 Å². The van der Waals surface area contributed by atoms with Gasteiger partial charge in [-0.2, -0.15) is 0 Å². The molecule has 3 aliphatic heterocycles. The number of amides is 2. The van der Waals surface area contributed by atoms with Crippen molar-refractivity contribution in [3.8, 4) is 0 Å². The number of nitrogens with zero attached hydrogens (tertiary/aromatic N) is 3. The number of halogens is 1. The van der Waals surface area contributed by atoms with E-state index in [0.717, 1.165) is 88.7 Å². The molecule has 0 aromatic heterocycles. The van der Waals surface area contributed by atoms with Gasteiger partial charge < -0.3 is 19.3 Å². The number of carbonyl (C=O) groups is 2. The van der Waals surface area contributed by atoms with E-state index >= 15 is 0 Å². The highest BCUT2D eigenvalue weighted by atomic mass is 19.1. The van der Waals surface area contributed by atoms with Crippen LogP contribution in [0, 0.1) is 11.7 Å². The number of rotatable bonds is 4. The normalized spacial score (nSPS) is 29.1. The van der Waals surface area contributed by atoms with E-state index in [-0.39, 0.29) is 35.6 Å². The number of hydrogen-bond donors (Lipinski definition) is 0. The lowest BCUT2D eigenvalue weighted by molar-refractivity contribution is 0.0556. The molecule has 1 spiro atoms. The molecule has 6 rings (SSSR count). The predicted octanol–water partition coefficient (Wildman–Crippen LogP) is 5.46. The summed E-state index contributed by atoms with van der Waals surface area (Å²) >= 11 is 0. The molecule has 37 heavy (non-hydrogen) atoms. The predicted molar refractivity (Wildman–Crippen MR) is 138 cm³/mol. The van der Waals surface area contributed by atoms with Gasteiger partial charge in [-0.15, -0.1) is 0 Å².